The third kappa shape index (κ3) is 2.81. The lowest BCUT2D eigenvalue weighted by atomic mass is 9.95. The molecule has 0 aromatic heterocycles. The van der Waals surface area contributed by atoms with Gasteiger partial charge in [0, 0.05) is 12.6 Å². The number of benzene rings is 2. The number of nitrogens with zero attached hydrogens (tertiary/aromatic N) is 3. The monoisotopic (exact) mass is 325 g/mol. The molecule has 2 aromatic rings. The van der Waals surface area contributed by atoms with Gasteiger partial charge in [0.25, 0.3) is 5.69 Å². The van der Waals surface area contributed by atoms with Crippen LogP contribution >= 0.6 is 0 Å². The van der Waals surface area contributed by atoms with Gasteiger partial charge in [-0.1, -0.05) is 19.1 Å². The Morgan fingerprint density at radius 3 is 2.79 bits per heavy atom. The predicted octanol–water partition coefficient (Wildman–Crippen LogP) is 4.19. The number of anilines is 1. The summed E-state index contributed by atoms with van der Waals surface area (Å²) in [7, 11) is 0. The summed E-state index contributed by atoms with van der Waals surface area (Å²) in [5.41, 5.74) is 1.43. The molecule has 1 aliphatic rings. The van der Waals surface area contributed by atoms with Crippen LogP contribution in [0.2, 0.25) is 0 Å². The molecule has 2 unspecified atom stereocenters. The van der Waals surface area contributed by atoms with E-state index in [9.17, 15) is 14.5 Å². The average molecular weight is 325 g/mol. The maximum Gasteiger partial charge on any atom is 0.293 e. The van der Waals surface area contributed by atoms with E-state index in [1.54, 1.807) is 18.2 Å². The van der Waals surface area contributed by atoms with Crippen molar-refractivity contribution in [2.45, 2.75) is 19.4 Å². The van der Waals surface area contributed by atoms with Crippen molar-refractivity contribution in [1.29, 1.82) is 5.26 Å². The lowest BCUT2D eigenvalue weighted by molar-refractivity contribution is -0.384. The quantitative estimate of drug-likeness (QED) is 0.626. The second-order valence-electron chi connectivity index (χ2n) is 6.03. The zero-order valence-corrected chi connectivity index (χ0v) is 13.1. The fraction of sp³-hybridized carbons (Fsp3) is 0.278. The van der Waals surface area contributed by atoms with E-state index in [-0.39, 0.29) is 29.0 Å². The molecule has 0 aliphatic carbocycles. The Hall–Kier alpha value is -2.94. The van der Waals surface area contributed by atoms with Crippen LogP contribution in [0.4, 0.5) is 15.8 Å². The van der Waals surface area contributed by atoms with E-state index in [0.717, 1.165) is 12.0 Å². The highest BCUT2D eigenvalue weighted by Gasteiger charge is 2.35. The topological polar surface area (TPSA) is 70.2 Å². The smallest absolute Gasteiger partial charge is 0.293 e. The number of hydrogen-bond acceptors (Lipinski definition) is 4. The van der Waals surface area contributed by atoms with Crippen molar-refractivity contribution in [2.24, 2.45) is 5.92 Å². The van der Waals surface area contributed by atoms with Gasteiger partial charge in [-0.05, 0) is 42.2 Å². The third-order valence-corrected chi connectivity index (χ3v) is 4.50. The van der Waals surface area contributed by atoms with Crippen molar-refractivity contribution in [3.8, 4) is 6.07 Å². The van der Waals surface area contributed by atoms with Crippen LogP contribution < -0.4 is 4.90 Å². The maximum absolute atomic E-state index is 13.6. The Balaban J connectivity index is 2.08. The first-order valence-electron chi connectivity index (χ1n) is 7.72. The van der Waals surface area contributed by atoms with Gasteiger partial charge in [-0.15, -0.1) is 0 Å². The van der Waals surface area contributed by atoms with Crippen LogP contribution in [-0.4, -0.2) is 11.5 Å². The number of nitro groups is 1. The van der Waals surface area contributed by atoms with Gasteiger partial charge >= 0.3 is 0 Å². The predicted molar refractivity (Wildman–Crippen MR) is 88.1 cm³/mol. The van der Waals surface area contributed by atoms with Gasteiger partial charge in [0.15, 0.2) is 0 Å². The normalized spacial score (nSPS) is 20.0. The van der Waals surface area contributed by atoms with Gasteiger partial charge in [0.05, 0.1) is 22.6 Å². The number of nitro benzene ring substituents is 1. The SMILES string of the molecule is CC1CCN(c2ccc(C#N)cc2[N+](=O)[O-])C1c1cccc(F)c1. The summed E-state index contributed by atoms with van der Waals surface area (Å²) in [6, 6.07) is 12.6. The van der Waals surface area contributed by atoms with Gasteiger partial charge in [-0.25, -0.2) is 4.39 Å². The molecule has 0 N–H and O–H groups in total. The van der Waals surface area contributed by atoms with E-state index >= 15 is 0 Å². The van der Waals surface area contributed by atoms with E-state index in [1.807, 2.05) is 17.0 Å². The first kappa shape index (κ1) is 15.9. The molecule has 24 heavy (non-hydrogen) atoms. The molecule has 0 bridgehead atoms. The molecule has 3 rings (SSSR count). The fourth-order valence-corrected chi connectivity index (χ4v) is 3.40. The molecule has 1 aliphatic heterocycles. The first-order valence-corrected chi connectivity index (χ1v) is 7.72. The molecule has 1 saturated heterocycles. The first-order chi connectivity index (χ1) is 11.5. The van der Waals surface area contributed by atoms with Gasteiger partial charge in [-0.2, -0.15) is 5.26 Å². The molecule has 0 amide bonds. The van der Waals surface area contributed by atoms with Crippen molar-refractivity contribution >= 4 is 11.4 Å². The summed E-state index contributed by atoms with van der Waals surface area (Å²) in [6.07, 6.45) is 0.859. The summed E-state index contributed by atoms with van der Waals surface area (Å²) >= 11 is 0. The molecule has 1 fully saturated rings. The van der Waals surface area contributed by atoms with Crippen LogP contribution in [0.5, 0.6) is 0 Å². The standard InChI is InChI=1S/C18H16FN3O2/c1-12-7-8-21(18(12)14-3-2-4-15(19)10-14)16-6-5-13(11-20)9-17(16)22(23)24/h2-6,9-10,12,18H,7-8H2,1H3. The molecule has 5 nitrogen and oxygen atoms in total. The minimum absolute atomic E-state index is 0.0930. The van der Waals surface area contributed by atoms with Crippen LogP contribution in [0.15, 0.2) is 42.5 Å². The molecule has 122 valence electrons. The molecule has 0 spiro atoms. The summed E-state index contributed by atoms with van der Waals surface area (Å²) in [6.45, 7) is 2.71. The second-order valence-corrected chi connectivity index (χ2v) is 6.03. The van der Waals surface area contributed by atoms with Crippen molar-refractivity contribution in [1.82, 2.24) is 0 Å². The lowest BCUT2D eigenvalue weighted by Crippen LogP contribution is -2.25. The summed E-state index contributed by atoms with van der Waals surface area (Å²) < 4.78 is 13.6. The van der Waals surface area contributed by atoms with Crippen LogP contribution in [-0.2, 0) is 0 Å². The Kier molecular flexibility index (Phi) is 4.17. The number of hydrogen-bond donors (Lipinski definition) is 0. The summed E-state index contributed by atoms with van der Waals surface area (Å²) in [4.78, 5) is 12.9. The zero-order chi connectivity index (χ0) is 17.3. The highest BCUT2D eigenvalue weighted by atomic mass is 19.1. The minimum atomic E-state index is -0.470. The minimum Gasteiger partial charge on any atom is -0.359 e. The molecule has 1 heterocycles. The Bertz CT molecular complexity index is 831. The van der Waals surface area contributed by atoms with Gasteiger partial charge < -0.3 is 4.90 Å². The van der Waals surface area contributed by atoms with E-state index in [1.165, 1.54) is 18.2 Å². The molecule has 2 aromatic carbocycles. The number of halogens is 1. The average Bonchev–Trinajstić information content (AvgIpc) is 2.95. The largest absolute Gasteiger partial charge is 0.359 e. The van der Waals surface area contributed by atoms with Gasteiger partial charge in [-0.3, -0.25) is 10.1 Å². The van der Waals surface area contributed by atoms with Crippen LogP contribution in [0, 0.1) is 33.2 Å². The molecular weight excluding hydrogens is 309 g/mol. The van der Waals surface area contributed by atoms with Gasteiger partial charge in [0.1, 0.15) is 11.5 Å². The molecule has 0 radical (unpaired) electrons. The van der Waals surface area contributed by atoms with E-state index < -0.39 is 4.92 Å². The lowest BCUT2D eigenvalue weighted by Gasteiger charge is -2.29. The van der Waals surface area contributed by atoms with Crippen LogP contribution in [0.1, 0.15) is 30.5 Å². The van der Waals surface area contributed by atoms with Crippen LogP contribution in [0.25, 0.3) is 0 Å². The summed E-state index contributed by atoms with van der Waals surface area (Å²) in [5, 5.41) is 20.4. The highest BCUT2D eigenvalue weighted by molar-refractivity contribution is 5.67. The van der Waals surface area contributed by atoms with Crippen LogP contribution in [0.3, 0.4) is 0 Å². The van der Waals surface area contributed by atoms with Gasteiger partial charge in [0.2, 0.25) is 0 Å². The molecule has 2 atom stereocenters. The highest BCUT2D eigenvalue weighted by Crippen LogP contribution is 2.43. The zero-order valence-electron chi connectivity index (χ0n) is 13.1. The van der Waals surface area contributed by atoms with Crippen molar-refractivity contribution in [2.75, 3.05) is 11.4 Å². The third-order valence-electron chi connectivity index (χ3n) is 4.50. The number of rotatable bonds is 3. The Morgan fingerprint density at radius 1 is 1.33 bits per heavy atom. The van der Waals surface area contributed by atoms with Crippen molar-refractivity contribution in [3.05, 3.63) is 69.5 Å². The Morgan fingerprint density at radius 2 is 2.12 bits per heavy atom. The maximum atomic E-state index is 13.6. The van der Waals surface area contributed by atoms with E-state index in [0.29, 0.717) is 12.2 Å². The van der Waals surface area contributed by atoms with E-state index in [2.05, 4.69) is 6.92 Å². The van der Waals surface area contributed by atoms with Crippen molar-refractivity contribution < 1.29 is 9.31 Å². The van der Waals surface area contributed by atoms with E-state index in [4.69, 9.17) is 5.26 Å². The Labute approximate surface area is 139 Å². The second kappa shape index (κ2) is 6.28. The summed E-state index contributed by atoms with van der Waals surface area (Å²) in [5.74, 6) is -0.0806. The molecular formula is C18H16FN3O2. The molecule has 0 saturated carbocycles. The fourth-order valence-electron chi connectivity index (χ4n) is 3.40. The molecule has 6 heteroatoms. The van der Waals surface area contributed by atoms with Crippen molar-refractivity contribution in [3.63, 3.8) is 0 Å². The number of nitriles is 1.